The Morgan fingerprint density at radius 1 is 1.24 bits per heavy atom. The highest BCUT2D eigenvalue weighted by Crippen LogP contribution is 2.21. The summed E-state index contributed by atoms with van der Waals surface area (Å²) in [5.41, 5.74) is 1.33. The standard InChI is InChI=1S/C17H19F3N2O3/c1-11-9-12(16(24)25-4)5-6-14(11)21-13(7-8-22(2)3)10-15(23)17(18,19)20/h5-10,21H,1-4H3/b8-7+,13-10+. The van der Waals surface area contributed by atoms with Crippen molar-refractivity contribution in [1.82, 2.24) is 4.90 Å². The van der Waals surface area contributed by atoms with E-state index >= 15 is 0 Å². The molecule has 8 heteroatoms. The van der Waals surface area contributed by atoms with Gasteiger partial charge in [0.15, 0.2) is 0 Å². The van der Waals surface area contributed by atoms with Crippen LogP contribution in [0.5, 0.6) is 0 Å². The first-order valence-electron chi connectivity index (χ1n) is 7.18. The van der Waals surface area contributed by atoms with E-state index in [1.807, 2.05) is 0 Å². The number of hydrogen-bond donors (Lipinski definition) is 1. The van der Waals surface area contributed by atoms with Gasteiger partial charge < -0.3 is 15.0 Å². The van der Waals surface area contributed by atoms with E-state index < -0.39 is 17.9 Å². The molecule has 0 aliphatic carbocycles. The number of aryl methyl sites for hydroxylation is 1. The number of alkyl halides is 3. The molecule has 0 aromatic heterocycles. The molecule has 0 fully saturated rings. The molecule has 0 radical (unpaired) electrons. The van der Waals surface area contributed by atoms with Crippen LogP contribution in [0.1, 0.15) is 15.9 Å². The summed E-state index contributed by atoms with van der Waals surface area (Å²) in [6, 6.07) is 4.53. The van der Waals surface area contributed by atoms with Gasteiger partial charge in [0.05, 0.1) is 12.7 Å². The Bertz CT molecular complexity index is 708. The second-order valence-corrected chi connectivity index (χ2v) is 5.39. The van der Waals surface area contributed by atoms with Crippen molar-refractivity contribution in [2.75, 3.05) is 26.5 Å². The van der Waals surface area contributed by atoms with E-state index in [1.54, 1.807) is 25.9 Å². The molecule has 0 spiro atoms. The average Bonchev–Trinajstić information content (AvgIpc) is 2.52. The molecule has 0 amide bonds. The molecule has 0 bridgehead atoms. The first kappa shape index (κ1) is 20.3. The number of halogens is 3. The van der Waals surface area contributed by atoms with Gasteiger partial charge in [-0.2, -0.15) is 13.2 Å². The van der Waals surface area contributed by atoms with E-state index in [1.165, 1.54) is 37.6 Å². The van der Waals surface area contributed by atoms with Crippen LogP contribution in [0.4, 0.5) is 18.9 Å². The fourth-order valence-corrected chi connectivity index (χ4v) is 1.78. The molecule has 0 aliphatic rings. The van der Waals surface area contributed by atoms with Crippen LogP contribution >= 0.6 is 0 Å². The molecular formula is C17H19F3N2O3. The van der Waals surface area contributed by atoms with E-state index in [4.69, 9.17) is 0 Å². The van der Waals surface area contributed by atoms with Gasteiger partial charge in [-0.3, -0.25) is 4.79 Å². The number of nitrogens with one attached hydrogen (secondary N) is 1. The summed E-state index contributed by atoms with van der Waals surface area (Å²) >= 11 is 0. The Morgan fingerprint density at radius 2 is 1.88 bits per heavy atom. The Hall–Kier alpha value is -2.77. The lowest BCUT2D eigenvalue weighted by Crippen LogP contribution is -2.21. The summed E-state index contributed by atoms with van der Waals surface area (Å²) in [5, 5.41) is 2.76. The molecule has 25 heavy (non-hydrogen) atoms. The minimum Gasteiger partial charge on any atom is -0.465 e. The summed E-state index contributed by atoms with van der Waals surface area (Å²) < 4.78 is 42.1. The lowest BCUT2D eigenvalue weighted by Gasteiger charge is -2.13. The number of ketones is 1. The van der Waals surface area contributed by atoms with Gasteiger partial charge in [-0.15, -0.1) is 0 Å². The second kappa shape index (κ2) is 8.36. The van der Waals surface area contributed by atoms with Gasteiger partial charge in [0.1, 0.15) is 0 Å². The minimum absolute atomic E-state index is 0.0371. The molecule has 136 valence electrons. The fraction of sp³-hybridized carbons (Fsp3) is 0.294. The number of rotatable bonds is 6. The summed E-state index contributed by atoms with van der Waals surface area (Å²) in [7, 11) is 4.63. The van der Waals surface area contributed by atoms with Gasteiger partial charge in [-0.25, -0.2) is 4.79 Å². The number of esters is 1. The third-order valence-electron chi connectivity index (χ3n) is 3.04. The second-order valence-electron chi connectivity index (χ2n) is 5.39. The topological polar surface area (TPSA) is 58.6 Å². The van der Waals surface area contributed by atoms with Gasteiger partial charge >= 0.3 is 12.1 Å². The molecular weight excluding hydrogens is 337 g/mol. The Morgan fingerprint density at radius 3 is 2.36 bits per heavy atom. The summed E-state index contributed by atoms with van der Waals surface area (Å²) in [6.07, 6.45) is -1.63. The molecule has 0 atom stereocenters. The molecule has 0 saturated carbocycles. The summed E-state index contributed by atoms with van der Waals surface area (Å²) in [6.45, 7) is 1.67. The fourth-order valence-electron chi connectivity index (χ4n) is 1.78. The van der Waals surface area contributed by atoms with E-state index in [9.17, 15) is 22.8 Å². The van der Waals surface area contributed by atoms with Crippen molar-refractivity contribution in [3.63, 3.8) is 0 Å². The lowest BCUT2D eigenvalue weighted by atomic mass is 10.1. The van der Waals surface area contributed by atoms with Gasteiger partial charge in [0.25, 0.3) is 5.78 Å². The highest BCUT2D eigenvalue weighted by molar-refractivity contribution is 5.96. The van der Waals surface area contributed by atoms with Crippen LogP contribution in [-0.4, -0.2) is 44.0 Å². The summed E-state index contributed by atoms with van der Waals surface area (Å²) in [4.78, 5) is 24.3. The van der Waals surface area contributed by atoms with Crippen molar-refractivity contribution in [3.05, 3.63) is 53.4 Å². The van der Waals surface area contributed by atoms with Crippen molar-refractivity contribution < 1.29 is 27.5 Å². The number of nitrogens with zero attached hydrogens (tertiary/aromatic N) is 1. The molecule has 0 saturated heterocycles. The maximum absolute atomic E-state index is 12.5. The highest BCUT2D eigenvalue weighted by Gasteiger charge is 2.36. The zero-order valence-corrected chi connectivity index (χ0v) is 14.3. The van der Waals surface area contributed by atoms with E-state index in [2.05, 4.69) is 10.1 Å². The smallest absolute Gasteiger partial charge is 0.454 e. The quantitative estimate of drug-likeness (QED) is 0.482. The first-order valence-corrected chi connectivity index (χ1v) is 7.18. The van der Waals surface area contributed by atoms with Gasteiger partial charge in [-0.05, 0) is 36.8 Å². The largest absolute Gasteiger partial charge is 0.465 e. The Balaban J connectivity index is 3.15. The monoisotopic (exact) mass is 356 g/mol. The van der Waals surface area contributed by atoms with Crippen LogP contribution in [-0.2, 0) is 9.53 Å². The van der Waals surface area contributed by atoms with E-state index in [0.29, 0.717) is 22.9 Å². The van der Waals surface area contributed by atoms with Gasteiger partial charge in [-0.1, -0.05) is 0 Å². The molecule has 5 nitrogen and oxygen atoms in total. The van der Waals surface area contributed by atoms with Crippen molar-refractivity contribution in [2.45, 2.75) is 13.1 Å². The molecule has 0 aliphatic heterocycles. The molecule has 1 rings (SSSR count). The van der Waals surface area contributed by atoms with Crippen LogP contribution < -0.4 is 5.32 Å². The minimum atomic E-state index is -4.96. The van der Waals surface area contributed by atoms with Crippen LogP contribution in [0, 0.1) is 6.92 Å². The normalized spacial score (nSPS) is 12.2. The van der Waals surface area contributed by atoms with Crippen LogP contribution in [0.2, 0.25) is 0 Å². The maximum atomic E-state index is 12.5. The average molecular weight is 356 g/mol. The number of carbonyl (C=O) groups excluding carboxylic acids is 2. The van der Waals surface area contributed by atoms with Crippen molar-refractivity contribution in [1.29, 1.82) is 0 Å². The molecule has 0 heterocycles. The van der Waals surface area contributed by atoms with Crippen LogP contribution in [0.25, 0.3) is 0 Å². The van der Waals surface area contributed by atoms with Crippen molar-refractivity contribution >= 4 is 17.4 Å². The number of allylic oxidation sites excluding steroid dienone is 2. The molecule has 1 aromatic carbocycles. The number of ether oxygens (including phenoxy) is 1. The number of hydrogen-bond acceptors (Lipinski definition) is 5. The first-order chi connectivity index (χ1) is 11.5. The molecule has 1 N–H and O–H groups in total. The third-order valence-corrected chi connectivity index (χ3v) is 3.04. The predicted octanol–water partition coefficient (Wildman–Crippen LogP) is 3.28. The zero-order valence-electron chi connectivity index (χ0n) is 14.3. The number of methoxy groups -OCH3 is 1. The Kier molecular flexibility index (Phi) is 6.78. The summed E-state index contributed by atoms with van der Waals surface area (Å²) in [5.74, 6) is -2.49. The molecule has 1 aromatic rings. The van der Waals surface area contributed by atoms with Crippen LogP contribution in [0.15, 0.2) is 42.2 Å². The Labute approximate surface area is 143 Å². The molecule has 0 unspecified atom stereocenters. The van der Waals surface area contributed by atoms with Crippen LogP contribution in [0.3, 0.4) is 0 Å². The number of benzene rings is 1. The SMILES string of the molecule is COC(=O)c1ccc(NC(/C=C/N(C)C)=C/C(=O)C(F)(F)F)c(C)c1. The van der Waals surface area contributed by atoms with Crippen molar-refractivity contribution in [2.24, 2.45) is 0 Å². The maximum Gasteiger partial charge on any atom is 0.454 e. The van der Waals surface area contributed by atoms with Gasteiger partial charge in [0, 0.05) is 37.8 Å². The van der Waals surface area contributed by atoms with E-state index in [0.717, 1.165) is 0 Å². The predicted molar refractivity (Wildman–Crippen MR) is 88.1 cm³/mol. The number of anilines is 1. The number of carbonyl (C=O) groups is 2. The lowest BCUT2D eigenvalue weighted by molar-refractivity contribution is -0.165. The third kappa shape index (κ3) is 6.33. The highest BCUT2D eigenvalue weighted by atomic mass is 19.4. The van der Waals surface area contributed by atoms with E-state index in [-0.39, 0.29) is 5.70 Å². The van der Waals surface area contributed by atoms with Crippen molar-refractivity contribution in [3.8, 4) is 0 Å². The van der Waals surface area contributed by atoms with Gasteiger partial charge in [0.2, 0.25) is 0 Å². The zero-order chi connectivity index (χ0) is 19.2.